The van der Waals surface area contributed by atoms with Gasteiger partial charge in [-0.15, -0.1) is 5.10 Å². The van der Waals surface area contributed by atoms with E-state index in [2.05, 4.69) is 29.4 Å². The Morgan fingerprint density at radius 3 is 2.89 bits per heavy atom. The number of benzene rings is 1. The van der Waals surface area contributed by atoms with Gasteiger partial charge in [-0.05, 0) is 12.3 Å². The monoisotopic (exact) mass is 259 g/mol. The Bertz CT molecular complexity index is 508. The molecule has 0 saturated heterocycles. The summed E-state index contributed by atoms with van der Waals surface area (Å²) in [5, 5.41) is 13.6. The van der Waals surface area contributed by atoms with Gasteiger partial charge in [0.05, 0.1) is 12.8 Å². The first-order valence-electron chi connectivity index (χ1n) is 6.79. The SMILES string of the molecule is CC(C)CCOCCNc1nncc2ccccc12. The molecule has 0 fully saturated rings. The molecule has 0 aliphatic heterocycles. The fourth-order valence-corrected chi connectivity index (χ4v) is 1.82. The van der Waals surface area contributed by atoms with E-state index in [1.54, 1.807) is 6.20 Å². The lowest BCUT2D eigenvalue weighted by Crippen LogP contribution is -2.12. The zero-order valence-electron chi connectivity index (χ0n) is 11.6. The normalized spacial score (nSPS) is 11.1. The number of rotatable bonds is 7. The quantitative estimate of drug-likeness (QED) is 0.776. The molecule has 0 aliphatic carbocycles. The highest BCUT2D eigenvalue weighted by molar-refractivity contribution is 5.90. The molecule has 1 aromatic carbocycles. The van der Waals surface area contributed by atoms with Gasteiger partial charge in [0.25, 0.3) is 0 Å². The van der Waals surface area contributed by atoms with Crippen LogP contribution in [0.3, 0.4) is 0 Å². The molecule has 1 N–H and O–H groups in total. The van der Waals surface area contributed by atoms with Gasteiger partial charge in [0, 0.05) is 23.9 Å². The average molecular weight is 259 g/mol. The minimum atomic E-state index is 0.692. The second kappa shape index (κ2) is 7.04. The average Bonchev–Trinajstić information content (AvgIpc) is 2.42. The van der Waals surface area contributed by atoms with Gasteiger partial charge in [-0.3, -0.25) is 0 Å². The summed E-state index contributed by atoms with van der Waals surface area (Å²) in [4.78, 5) is 0. The van der Waals surface area contributed by atoms with Gasteiger partial charge >= 0.3 is 0 Å². The maximum absolute atomic E-state index is 5.57. The van der Waals surface area contributed by atoms with Gasteiger partial charge in [-0.1, -0.05) is 38.1 Å². The van der Waals surface area contributed by atoms with E-state index < -0.39 is 0 Å². The Morgan fingerprint density at radius 2 is 2.05 bits per heavy atom. The molecule has 4 heteroatoms. The first kappa shape index (κ1) is 13.7. The Morgan fingerprint density at radius 1 is 1.21 bits per heavy atom. The third-order valence-electron chi connectivity index (χ3n) is 2.95. The Labute approximate surface area is 114 Å². The third-order valence-corrected chi connectivity index (χ3v) is 2.95. The highest BCUT2D eigenvalue weighted by atomic mass is 16.5. The van der Waals surface area contributed by atoms with Gasteiger partial charge in [0.2, 0.25) is 0 Å². The van der Waals surface area contributed by atoms with Crippen molar-refractivity contribution in [1.29, 1.82) is 0 Å². The first-order valence-corrected chi connectivity index (χ1v) is 6.79. The van der Waals surface area contributed by atoms with Crippen molar-refractivity contribution in [2.45, 2.75) is 20.3 Å². The van der Waals surface area contributed by atoms with E-state index in [9.17, 15) is 0 Å². The molecular formula is C15H21N3O. The van der Waals surface area contributed by atoms with E-state index in [1.807, 2.05) is 24.3 Å². The van der Waals surface area contributed by atoms with Crippen molar-refractivity contribution >= 4 is 16.6 Å². The van der Waals surface area contributed by atoms with Gasteiger partial charge in [0.1, 0.15) is 0 Å². The van der Waals surface area contributed by atoms with Crippen molar-refractivity contribution in [2.24, 2.45) is 5.92 Å². The van der Waals surface area contributed by atoms with Crippen LogP contribution in [0.25, 0.3) is 10.8 Å². The van der Waals surface area contributed by atoms with Crippen molar-refractivity contribution in [1.82, 2.24) is 10.2 Å². The van der Waals surface area contributed by atoms with Crippen LogP contribution in [0.5, 0.6) is 0 Å². The Balaban J connectivity index is 1.82. The number of nitrogens with zero attached hydrogens (tertiary/aromatic N) is 2. The second-order valence-corrected chi connectivity index (χ2v) is 5.00. The topological polar surface area (TPSA) is 47.0 Å². The molecule has 0 spiro atoms. The number of hydrogen-bond acceptors (Lipinski definition) is 4. The van der Waals surface area contributed by atoms with Gasteiger partial charge in [-0.2, -0.15) is 5.10 Å². The highest BCUT2D eigenvalue weighted by Crippen LogP contribution is 2.18. The molecular weight excluding hydrogens is 238 g/mol. The van der Waals surface area contributed by atoms with Crippen LogP contribution in [0, 0.1) is 5.92 Å². The van der Waals surface area contributed by atoms with E-state index in [0.717, 1.165) is 36.2 Å². The number of anilines is 1. The van der Waals surface area contributed by atoms with Gasteiger partial charge < -0.3 is 10.1 Å². The molecule has 19 heavy (non-hydrogen) atoms. The van der Waals surface area contributed by atoms with E-state index in [-0.39, 0.29) is 0 Å². The largest absolute Gasteiger partial charge is 0.380 e. The molecule has 0 amide bonds. The Hall–Kier alpha value is -1.68. The predicted octanol–water partition coefficient (Wildman–Crippen LogP) is 3.10. The highest BCUT2D eigenvalue weighted by Gasteiger charge is 2.01. The van der Waals surface area contributed by atoms with Gasteiger partial charge in [-0.25, -0.2) is 0 Å². The molecule has 0 bridgehead atoms. The molecule has 0 aliphatic rings. The zero-order chi connectivity index (χ0) is 13.5. The number of hydrogen-bond donors (Lipinski definition) is 1. The number of nitrogens with one attached hydrogen (secondary N) is 1. The van der Waals surface area contributed by atoms with E-state index in [0.29, 0.717) is 12.5 Å². The summed E-state index contributed by atoms with van der Waals surface area (Å²) in [7, 11) is 0. The number of ether oxygens (including phenoxy) is 1. The molecule has 1 aromatic heterocycles. The van der Waals surface area contributed by atoms with Crippen molar-refractivity contribution in [3.8, 4) is 0 Å². The van der Waals surface area contributed by atoms with Crippen LogP contribution in [0.4, 0.5) is 5.82 Å². The van der Waals surface area contributed by atoms with Crippen LogP contribution >= 0.6 is 0 Å². The molecule has 0 saturated carbocycles. The summed E-state index contributed by atoms with van der Waals surface area (Å²) in [6, 6.07) is 8.09. The summed E-state index contributed by atoms with van der Waals surface area (Å²) in [6.07, 6.45) is 2.88. The summed E-state index contributed by atoms with van der Waals surface area (Å²) < 4.78 is 5.57. The minimum Gasteiger partial charge on any atom is -0.380 e. The minimum absolute atomic E-state index is 0.692. The van der Waals surface area contributed by atoms with Crippen LogP contribution in [0.1, 0.15) is 20.3 Å². The fourth-order valence-electron chi connectivity index (χ4n) is 1.82. The zero-order valence-corrected chi connectivity index (χ0v) is 11.6. The Kier molecular flexibility index (Phi) is 5.10. The number of fused-ring (bicyclic) bond motifs is 1. The maximum Gasteiger partial charge on any atom is 0.156 e. The summed E-state index contributed by atoms with van der Waals surface area (Å²) in [5.74, 6) is 1.52. The van der Waals surface area contributed by atoms with Crippen LogP contribution < -0.4 is 5.32 Å². The molecule has 2 rings (SSSR count). The van der Waals surface area contributed by atoms with Gasteiger partial charge in [0.15, 0.2) is 5.82 Å². The maximum atomic E-state index is 5.57. The van der Waals surface area contributed by atoms with Crippen LogP contribution in [0.15, 0.2) is 30.5 Å². The van der Waals surface area contributed by atoms with Crippen molar-refractivity contribution < 1.29 is 4.74 Å². The molecule has 1 heterocycles. The standard InChI is InChI=1S/C15H21N3O/c1-12(2)7-9-19-10-8-16-15-14-6-4-3-5-13(14)11-17-18-15/h3-6,11-12H,7-10H2,1-2H3,(H,16,18). The lowest BCUT2D eigenvalue weighted by Gasteiger charge is -2.09. The molecule has 4 nitrogen and oxygen atoms in total. The molecule has 102 valence electrons. The van der Waals surface area contributed by atoms with E-state index in [1.165, 1.54) is 0 Å². The smallest absolute Gasteiger partial charge is 0.156 e. The predicted molar refractivity (Wildman–Crippen MR) is 78.3 cm³/mol. The molecule has 0 unspecified atom stereocenters. The lowest BCUT2D eigenvalue weighted by molar-refractivity contribution is 0.132. The lowest BCUT2D eigenvalue weighted by atomic mass is 10.1. The van der Waals surface area contributed by atoms with Crippen molar-refractivity contribution in [3.05, 3.63) is 30.5 Å². The van der Waals surface area contributed by atoms with E-state index in [4.69, 9.17) is 4.74 Å². The molecule has 0 radical (unpaired) electrons. The first-order chi connectivity index (χ1) is 9.27. The fraction of sp³-hybridized carbons (Fsp3) is 0.467. The molecule has 0 atom stereocenters. The van der Waals surface area contributed by atoms with Crippen LogP contribution in [-0.2, 0) is 4.74 Å². The van der Waals surface area contributed by atoms with Crippen LogP contribution in [-0.4, -0.2) is 30.0 Å². The second-order valence-electron chi connectivity index (χ2n) is 5.00. The summed E-state index contributed by atoms with van der Waals surface area (Å²) in [6.45, 7) is 6.67. The van der Waals surface area contributed by atoms with Crippen molar-refractivity contribution in [2.75, 3.05) is 25.1 Å². The van der Waals surface area contributed by atoms with E-state index >= 15 is 0 Å². The molecule has 2 aromatic rings. The summed E-state index contributed by atoms with van der Waals surface area (Å²) >= 11 is 0. The van der Waals surface area contributed by atoms with Crippen molar-refractivity contribution in [3.63, 3.8) is 0 Å². The third kappa shape index (κ3) is 4.17. The number of aromatic nitrogens is 2. The summed E-state index contributed by atoms with van der Waals surface area (Å²) in [5.41, 5.74) is 0. The van der Waals surface area contributed by atoms with Crippen LogP contribution in [0.2, 0.25) is 0 Å².